The first kappa shape index (κ1) is 9.21. The van der Waals surface area contributed by atoms with Crippen molar-refractivity contribution in [3.05, 3.63) is 30.3 Å². The molecule has 0 bridgehead atoms. The van der Waals surface area contributed by atoms with E-state index >= 15 is 0 Å². The number of carbonyl (C=O) groups is 1. The van der Waals surface area contributed by atoms with Crippen LogP contribution in [0.25, 0.3) is 0 Å². The van der Waals surface area contributed by atoms with E-state index < -0.39 is 5.60 Å². The summed E-state index contributed by atoms with van der Waals surface area (Å²) in [4.78, 5) is 11.6. The molecule has 14 heavy (non-hydrogen) atoms. The predicted molar refractivity (Wildman–Crippen MR) is 51.1 cm³/mol. The van der Waals surface area contributed by atoms with Crippen LogP contribution >= 0.6 is 0 Å². The predicted octanol–water partition coefficient (Wildman–Crippen LogP) is 1.77. The Morgan fingerprint density at radius 2 is 2.14 bits per heavy atom. The van der Waals surface area contributed by atoms with Gasteiger partial charge in [-0.2, -0.15) is 0 Å². The van der Waals surface area contributed by atoms with Gasteiger partial charge in [0.15, 0.2) is 5.60 Å². The number of para-hydroxylation sites is 1. The van der Waals surface area contributed by atoms with Crippen molar-refractivity contribution >= 4 is 5.97 Å². The Kier molecular flexibility index (Phi) is 2.25. The van der Waals surface area contributed by atoms with Gasteiger partial charge in [0.2, 0.25) is 0 Å². The van der Waals surface area contributed by atoms with Crippen molar-refractivity contribution in [3.8, 4) is 5.75 Å². The van der Waals surface area contributed by atoms with Crippen LogP contribution in [0.3, 0.4) is 0 Å². The van der Waals surface area contributed by atoms with E-state index in [-0.39, 0.29) is 5.97 Å². The number of benzene rings is 1. The Hall–Kier alpha value is -1.35. The normalized spacial score (nSPS) is 24.4. The van der Waals surface area contributed by atoms with Crippen LogP contribution in [0.5, 0.6) is 5.75 Å². The molecule has 0 aromatic heterocycles. The highest BCUT2D eigenvalue weighted by molar-refractivity contribution is 5.84. The maximum atomic E-state index is 11.6. The van der Waals surface area contributed by atoms with Gasteiger partial charge < -0.3 is 9.47 Å². The minimum absolute atomic E-state index is 0.286. The molecule has 1 aliphatic rings. The van der Waals surface area contributed by atoms with E-state index in [1.807, 2.05) is 25.1 Å². The molecule has 0 radical (unpaired) electrons. The summed E-state index contributed by atoms with van der Waals surface area (Å²) in [6.07, 6.45) is 0.665. The van der Waals surface area contributed by atoms with Crippen molar-refractivity contribution in [1.82, 2.24) is 0 Å². The van der Waals surface area contributed by atoms with E-state index in [1.165, 1.54) is 0 Å². The third-order valence-corrected chi connectivity index (χ3v) is 2.39. The van der Waals surface area contributed by atoms with Crippen LogP contribution in [-0.4, -0.2) is 18.2 Å². The number of esters is 1. The second kappa shape index (κ2) is 3.42. The molecule has 0 spiro atoms. The highest BCUT2D eigenvalue weighted by atomic mass is 16.6. The summed E-state index contributed by atoms with van der Waals surface area (Å²) in [5, 5.41) is 0. The fourth-order valence-electron chi connectivity index (χ4n) is 1.24. The molecule has 1 aromatic carbocycles. The maximum Gasteiger partial charge on any atom is 0.346 e. The van der Waals surface area contributed by atoms with Crippen LogP contribution in [-0.2, 0) is 9.53 Å². The standard InChI is InChI=1S/C11H12O3/c1-2-11(8-13-11)10(12)14-9-6-4-3-5-7-9/h3-7H,2,8H2,1H3. The Labute approximate surface area is 82.6 Å². The van der Waals surface area contributed by atoms with E-state index in [4.69, 9.17) is 9.47 Å². The first-order valence-corrected chi connectivity index (χ1v) is 4.68. The molecular formula is C11H12O3. The molecule has 1 fully saturated rings. The summed E-state index contributed by atoms with van der Waals surface area (Å²) in [6.45, 7) is 2.40. The molecule has 0 aliphatic carbocycles. The zero-order valence-electron chi connectivity index (χ0n) is 8.03. The third-order valence-electron chi connectivity index (χ3n) is 2.39. The molecule has 3 nitrogen and oxygen atoms in total. The Morgan fingerprint density at radius 3 is 2.64 bits per heavy atom. The quantitative estimate of drug-likeness (QED) is 0.416. The van der Waals surface area contributed by atoms with Crippen LogP contribution in [0.2, 0.25) is 0 Å². The van der Waals surface area contributed by atoms with Crippen molar-refractivity contribution in [3.63, 3.8) is 0 Å². The summed E-state index contributed by atoms with van der Waals surface area (Å²) in [6, 6.07) is 9.04. The van der Waals surface area contributed by atoms with Crippen LogP contribution in [0.4, 0.5) is 0 Å². The van der Waals surface area contributed by atoms with E-state index in [9.17, 15) is 4.79 Å². The molecule has 74 valence electrons. The van der Waals surface area contributed by atoms with Crippen LogP contribution in [0.1, 0.15) is 13.3 Å². The van der Waals surface area contributed by atoms with Gasteiger partial charge in [-0.25, -0.2) is 4.79 Å². The van der Waals surface area contributed by atoms with Gasteiger partial charge in [0.05, 0.1) is 6.61 Å². The number of hydrogen-bond donors (Lipinski definition) is 0. The second-order valence-electron chi connectivity index (χ2n) is 3.34. The zero-order chi connectivity index (χ0) is 10.0. The first-order valence-electron chi connectivity index (χ1n) is 4.68. The molecule has 1 heterocycles. The van der Waals surface area contributed by atoms with Crippen molar-refractivity contribution in [2.24, 2.45) is 0 Å². The number of ether oxygens (including phenoxy) is 2. The number of epoxide rings is 1. The molecule has 3 heteroatoms. The van der Waals surface area contributed by atoms with Crippen molar-refractivity contribution < 1.29 is 14.3 Å². The molecule has 2 rings (SSSR count). The Morgan fingerprint density at radius 1 is 1.50 bits per heavy atom. The fourth-order valence-corrected chi connectivity index (χ4v) is 1.24. The highest BCUT2D eigenvalue weighted by Gasteiger charge is 2.52. The molecular weight excluding hydrogens is 180 g/mol. The Bertz CT molecular complexity index is 328. The summed E-state index contributed by atoms with van der Waals surface area (Å²) >= 11 is 0. The van der Waals surface area contributed by atoms with Gasteiger partial charge in [-0.1, -0.05) is 25.1 Å². The smallest absolute Gasteiger partial charge is 0.346 e. The van der Waals surface area contributed by atoms with Crippen LogP contribution in [0.15, 0.2) is 30.3 Å². The topological polar surface area (TPSA) is 38.8 Å². The van der Waals surface area contributed by atoms with Gasteiger partial charge in [0.25, 0.3) is 0 Å². The zero-order valence-corrected chi connectivity index (χ0v) is 8.03. The summed E-state index contributed by atoms with van der Waals surface area (Å²) in [5.74, 6) is 0.284. The van der Waals surface area contributed by atoms with Crippen molar-refractivity contribution in [1.29, 1.82) is 0 Å². The van der Waals surface area contributed by atoms with Crippen molar-refractivity contribution in [2.75, 3.05) is 6.61 Å². The lowest BCUT2D eigenvalue weighted by atomic mass is 10.1. The summed E-state index contributed by atoms with van der Waals surface area (Å²) < 4.78 is 10.3. The highest BCUT2D eigenvalue weighted by Crippen LogP contribution is 2.32. The number of hydrogen-bond acceptors (Lipinski definition) is 3. The second-order valence-corrected chi connectivity index (χ2v) is 3.34. The van der Waals surface area contributed by atoms with Gasteiger partial charge in [0, 0.05) is 0 Å². The van der Waals surface area contributed by atoms with E-state index in [1.54, 1.807) is 12.1 Å². The van der Waals surface area contributed by atoms with Gasteiger partial charge in [-0.3, -0.25) is 0 Å². The average Bonchev–Trinajstić information content (AvgIpc) is 3.00. The van der Waals surface area contributed by atoms with Gasteiger partial charge in [-0.15, -0.1) is 0 Å². The van der Waals surface area contributed by atoms with E-state index in [0.29, 0.717) is 18.8 Å². The molecule has 1 aromatic rings. The lowest BCUT2D eigenvalue weighted by Gasteiger charge is -2.08. The third kappa shape index (κ3) is 1.63. The number of carbonyl (C=O) groups excluding carboxylic acids is 1. The van der Waals surface area contributed by atoms with Crippen molar-refractivity contribution in [2.45, 2.75) is 18.9 Å². The van der Waals surface area contributed by atoms with Crippen LogP contribution < -0.4 is 4.74 Å². The number of rotatable bonds is 3. The maximum absolute atomic E-state index is 11.6. The lowest BCUT2D eigenvalue weighted by Crippen LogP contribution is -2.28. The molecule has 0 N–H and O–H groups in total. The Balaban J connectivity index is 2.02. The van der Waals surface area contributed by atoms with E-state index in [2.05, 4.69) is 0 Å². The lowest BCUT2D eigenvalue weighted by molar-refractivity contribution is -0.140. The molecule has 1 aliphatic heterocycles. The van der Waals surface area contributed by atoms with Gasteiger partial charge >= 0.3 is 5.97 Å². The first-order chi connectivity index (χ1) is 6.77. The monoisotopic (exact) mass is 192 g/mol. The summed E-state index contributed by atoms with van der Waals surface area (Å²) in [7, 11) is 0. The fraction of sp³-hybridized carbons (Fsp3) is 0.364. The molecule has 0 amide bonds. The molecule has 1 saturated heterocycles. The van der Waals surface area contributed by atoms with Gasteiger partial charge in [0.1, 0.15) is 5.75 Å². The minimum atomic E-state index is -0.657. The largest absolute Gasteiger partial charge is 0.424 e. The molecule has 1 unspecified atom stereocenters. The molecule has 0 saturated carbocycles. The van der Waals surface area contributed by atoms with Crippen LogP contribution in [0, 0.1) is 0 Å². The molecule has 1 atom stereocenters. The average molecular weight is 192 g/mol. The van der Waals surface area contributed by atoms with Gasteiger partial charge in [-0.05, 0) is 18.6 Å². The minimum Gasteiger partial charge on any atom is -0.424 e. The SMILES string of the molecule is CCC1(C(=O)Oc2ccccc2)CO1. The summed E-state index contributed by atoms with van der Waals surface area (Å²) in [5.41, 5.74) is -0.657. The van der Waals surface area contributed by atoms with E-state index in [0.717, 1.165) is 0 Å².